The molecule has 0 N–H and O–H groups in total. The molecular weight excluding hydrogens is 309 g/mol. The van der Waals surface area contributed by atoms with Gasteiger partial charge in [-0.05, 0) is 30.5 Å². The second-order valence-electron chi connectivity index (χ2n) is 4.63. The maximum atomic E-state index is 12.7. The van der Waals surface area contributed by atoms with E-state index in [-0.39, 0.29) is 23.2 Å². The number of hydrogen-bond donors (Lipinski definition) is 0. The topological polar surface area (TPSA) is 59.7 Å². The number of alkyl halides is 3. The molecule has 1 aliphatic rings. The molecule has 0 spiro atoms. The Labute approximate surface area is 122 Å². The third-order valence-corrected chi connectivity index (χ3v) is 3.06. The van der Waals surface area contributed by atoms with Gasteiger partial charge in [-0.2, -0.15) is 33.2 Å². The minimum atomic E-state index is -4.34. The van der Waals surface area contributed by atoms with E-state index in [1.807, 2.05) is 0 Å². The van der Waals surface area contributed by atoms with Gasteiger partial charge in [-0.25, -0.2) is 4.68 Å². The van der Waals surface area contributed by atoms with Gasteiger partial charge in [-0.15, -0.1) is 0 Å². The Bertz CT molecular complexity index is 625. The maximum Gasteiger partial charge on any atom is 0.406 e. The van der Waals surface area contributed by atoms with Crippen molar-refractivity contribution in [1.29, 1.82) is 0 Å². The zero-order chi connectivity index (χ0) is 15.0. The standard InChI is InChI=1S/C11H10ClF3N6/c12-8-17-9(19-10(18-8)21-5-1-4-16-21)20(7-2-3-7)6-11(13,14)15/h1,4-5,7H,2-3,6H2. The maximum absolute atomic E-state index is 12.7. The highest BCUT2D eigenvalue weighted by molar-refractivity contribution is 6.28. The fourth-order valence-corrected chi connectivity index (χ4v) is 2.04. The van der Waals surface area contributed by atoms with Crippen LogP contribution in [0.1, 0.15) is 12.8 Å². The lowest BCUT2D eigenvalue weighted by Gasteiger charge is -2.23. The number of aromatic nitrogens is 5. The molecule has 0 bridgehead atoms. The van der Waals surface area contributed by atoms with Gasteiger partial charge in [0.15, 0.2) is 0 Å². The van der Waals surface area contributed by atoms with E-state index in [4.69, 9.17) is 11.6 Å². The zero-order valence-corrected chi connectivity index (χ0v) is 11.4. The first-order valence-electron chi connectivity index (χ1n) is 6.17. The second-order valence-corrected chi connectivity index (χ2v) is 4.97. The fraction of sp³-hybridized carbons (Fsp3) is 0.455. The molecule has 1 aliphatic carbocycles. The van der Waals surface area contributed by atoms with Crippen LogP contribution in [0.4, 0.5) is 19.1 Å². The van der Waals surface area contributed by atoms with Crippen molar-refractivity contribution in [2.75, 3.05) is 11.4 Å². The molecule has 0 aliphatic heterocycles. The van der Waals surface area contributed by atoms with E-state index in [0.29, 0.717) is 12.8 Å². The lowest BCUT2D eigenvalue weighted by atomic mass is 10.5. The van der Waals surface area contributed by atoms with Gasteiger partial charge in [0.1, 0.15) is 6.54 Å². The van der Waals surface area contributed by atoms with E-state index in [1.165, 1.54) is 10.9 Å². The molecule has 112 valence electrons. The quantitative estimate of drug-likeness (QED) is 0.865. The van der Waals surface area contributed by atoms with Crippen molar-refractivity contribution in [3.63, 3.8) is 0 Å². The van der Waals surface area contributed by atoms with Gasteiger partial charge in [-0.1, -0.05) is 0 Å². The van der Waals surface area contributed by atoms with Gasteiger partial charge in [0.25, 0.3) is 5.95 Å². The summed E-state index contributed by atoms with van der Waals surface area (Å²) >= 11 is 5.80. The monoisotopic (exact) mass is 318 g/mol. The van der Waals surface area contributed by atoms with E-state index in [2.05, 4.69) is 20.1 Å². The molecule has 1 saturated carbocycles. The van der Waals surface area contributed by atoms with Crippen LogP contribution in [0, 0.1) is 0 Å². The predicted octanol–water partition coefficient (Wildman–Crippen LogP) is 2.24. The van der Waals surface area contributed by atoms with Crippen LogP contribution >= 0.6 is 11.6 Å². The third-order valence-electron chi connectivity index (χ3n) is 2.89. The second kappa shape index (κ2) is 5.14. The van der Waals surface area contributed by atoms with Crippen LogP contribution in [-0.2, 0) is 0 Å². The van der Waals surface area contributed by atoms with Gasteiger partial charge < -0.3 is 4.90 Å². The summed E-state index contributed by atoms with van der Waals surface area (Å²) in [4.78, 5) is 12.8. The van der Waals surface area contributed by atoms with Crippen molar-refractivity contribution in [3.05, 3.63) is 23.7 Å². The number of nitrogens with zero attached hydrogens (tertiary/aromatic N) is 6. The van der Waals surface area contributed by atoms with Gasteiger partial charge in [0.2, 0.25) is 11.2 Å². The Balaban J connectivity index is 1.96. The highest BCUT2D eigenvalue weighted by Crippen LogP contribution is 2.33. The summed E-state index contributed by atoms with van der Waals surface area (Å²) in [6.07, 6.45) is 0.0902. The molecule has 2 aromatic rings. The fourth-order valence-electron chi connectivity index (χ4n) is 1.89. The number of hydrogen-bond acceptors (Lipinski definition) is 5. The molecule has 3 rings (SSSR count). The summed E-state index contributed by atoms with van der Waals surface area (Å²) in [6, 6.07) is 1.43. The molecule has 21 heavy (non-hydrogen) atoms. The molecule has 6 nitrogen and oxygen atoms in total. The van der Waals surface area contributed by atoms with Crippen molar-refractivity contribution >= 4 is 17.5 Å². The molecule has 2 heterocycles. The first-order chi connectivity index (χ1) is 9.92. The summed E-state index contributed by atoms with van der Waals surface area (Å²) in [7, 11) is 0. The first-order valence-corrected chi connectivity index (χ1v) is 6.55. The molecular formula is C11H10ClF3N6. The van der Waals surface area contributed by atoms with E-state index in [0.717, 1.165) is 4.90 Å². The average Bonchev–Trinajstić information content (AvgIpc) is 3.08. The smallest absolute Gasteiger partial charge is 0.329 e. The molecule has 0 amide bonds. The Hall–Kier alpha value is -1.90. The van der Waals surface area contributed by atoms with Gasteiger partial charge in [0, 0.05) is 18.4 Å². The van der Waals surface area contributed by atoms with Gasteiger partial charge >= 0.3 is 6.18 Å². The van der Waals surface area contributed by atoms with Crippen molar-refractivity contribution in [2.45, 2.75) is 25.1 Å². The summed E-state index contributed by atoms with van der Waals surface area (Å²) in [5.41, 5.74) is 0. The summed E-state index contributed by atoms with van der Waals surface area (Å²) in [6.45, 7) is -1.11. The summed E-state index contributed by atoms with van der Waals surface area (Å²) < 4.78 is 39.4. The van der Waals surface area contributed by atoms with Crippen molar-refractivity contribution < 1.29 is 13.2 Å². The van der Waals surface area contributed by atoms with Crippen LogP contribution < -0.4 is 4.90 Å². The molecule has 0 aromatic carbocycles. The van der Waals surface area contributed by atoms with Crippen LogP contribution in [0.15, 0.2) is 18.5 Å². The van der Waals surface area contributed by atoms with Crippen molar-refractivity contribution in [3.8, 4) is 5.95 Å². The largest absolute Gasteiger partial charge is 0.406 e. The van der Waals surface area contributed by atoms with Crippen molar-refractivity contribution in [1.82, 2.24) is 24.7 Å². The SMILES string of the molecule is FC(F)(F)CN(c1nc(Cl)nc(-n2cccn2)n1)C1CC1. The molecule has 0 atom stereocenters. The zero-order valence-electron chi connectivity index (χ0n) is 10.6. The summed E-state index contributed by atoms with van der Waals surface area (Å²) in [5, 5.41) is 3.76. The third kappa shape index (κ3) is 3.41. The molecule has 10 heteroatoms. The number of rotatable bonds is 4. The van der Waals surface area contributed by atoms with Crippen molar-refractivity contribution in [2.24, 2.45) is 0 Å². The molecule has 0 radical (unpaired) electrons. The Kier molecular flexibility index (Phi) is 3.44. The Morgan fingerprint density at radius 3 is 2.62 bits per heavy atom. The first kappa shape index (κ1) is 14.1. The molecule has 1 fully saturated rings. The van der Waals surface area contributed by atoms with E-state index < -0.39 is 12.7 Å². The molecule has 0 saturated heterocycles. The van der Waals surface area contributed by atoms with E-state index in [9.17, 15) is 13.2 Å². The lowest BCUT2D eigenvalue weighted by molar-refractivity contribution is -0.120. The normalized spacial score (nSPS) is 15.2. The summed E-state index contributed by atoms with van der Waals surface area (Å²) in [5.74, 6) is 0.00292. The predicted molar refractivity (Wildman–Crippen MR) is 68.4 cm³/mol. The number of anilines is 1. The van der Waals surface area contributed by atoms with Crippen LogP contribution in [-0.4, -0.2) is 43.5 Å². The van der Waals surface area contributed by atoms with Gasteiger partial charge in [-0.3, -0.25) is 0 Å². The molecule has 0 unspecified atom stereocenters. The van der Waals surface area contributed by atoms with E-state index >= 15 is 0 Å². The minimum Gasteiger partial charge on any atom is -0.329 e. The van der Waals surface area contributed by atoms with Crippen LogP contribution in [0.2, 0.25) is 5.28 Å². The highest BCUT2D eigenvalue weighted by atomic mass is 35.5. The van der Waals surface area contributed by atoms with E-state index in [1.54, 1.807) is 12.3 Å². The van der Waals surface area contributed by atoms with Crippen LogP contribution in [0.3, 0.4) is 0 Å². The van der Waals surface area contributed by atoms with Crippen LogP contribution in [0.25, 0.3) is 5.95 Å². The minimum absolute atomic E-state index is 0.0830. The number of halogens is 4. The molecule has 2 aromatic heterocycles. The average molecular weight is 319 g/mol. The lowest BCUT2D eigenvalue weighted by Crippen LogP contribution is -2.37. The highest BCUT2D eigenvalue weighted by Gasteiger charge is 2.39. The Morgan fingerprint density at radius 1 is 1.29 bits per heavy atom. The van der Waals surface area contributed by atoms with Crippen LogP contribution in [0.5, 0.6) is 0 Å². The van der Waals surface area contributed by atoms with Gasteiger partial charge in [0.05, 0.1) is 0 Å². The Morgan fingerprint density at radius 2 is 2.05 bits per heavy atom.